The molecule has 1 aromatic heterocycles. The van der Waals surface area contributed by atoms with Crippen LogP contribution in [0.25, 0.3) is 10.9 Å². The minimum atomic E-state index is -1.03. The van der Waals surface area contributed by atoms with Gasteiger partial charge in [-0.15, -0.1) is 0 Å². The molecule has 0 bridgehead atoms. The van der Waals surface area contributed by atoms with Gasteiger partial charge in [-0.05, 0) is 29.8 Å². The minimum absolute atomic E-state index is 0.239. The van der Waals surface area contributed by atoms with Gasteiger partial charge in [-0.1, -0.05) is 43.0 Å². The number of aliphatic hydroxyl groups excluding tert-OH is 2. The van der Waals surface area contributed by atoms with E-state index in [1.165, 1.54) is 0 Å². The first kappa shape index (κ1) is 17.7. The molecule has 26 heavy (non-hydrogen) atoms. The second-order valence-corrected chi connectivity index (χ2v) is 6.04. The van der Waals surface area contributed by atoms with E-state index < -0.39 is 6.23 Å². The predicted octanol–water partition coefficient (Wildman–Crippen LogP) is 2.36. The van der Waals surface area contributed by atoms with Gasteiger partial charge in [0.1, 0.15) is 12.8 Å². The van der Waals surface area contributed by atoms with Crippen molar-refractivity contribution in [3.63, 3.8) is 0 Å². The zero-order chi connectivity index (χ0) is 18.5. The van der Waals surface area contributed by atoms with Crippen molar-refractivity contribution in [1.82, 2.24) is 10.3 Å². The Bertz CT molecular complexity index is 981. The van der Waals surface area contributed by atoms with Crippen molar-refractivity contribution in [3.05, 3.63) is 71.4 Å². The molecule has 0 fully saturated rings. The van der Waals surface area contributed by atoms with Crippen LogP contribution in [0.2, 0.25) is 0 Å². The first-order valence-electron chi connectivity index (χ1n) is 8.35. The Labute approximate surface area is 151 Å². The number of aromatic amines is 1. The van der Waals surface area contributed by atoms with Crippen molar-refractivity contribution < 1.29 is 15.0 Å². The molecule has 0 saturated heterocycles. The number of amides is 1. The number of H-pyrrole nitrogens is 1. The quantitative estimate of drug-likeness (QED) is 0.431. The lowest BCUT2D eigenvalue weighted by Gasteiger charge is -2.20. The number of aliphatic hydroxyl groups is 2. The Morgan fingerprint density at radius 2 is 2.04 bits per heavy atom. The maximum atomic E-state index is 12.4. The summed E-state index contributed by atoms with van der Waals surface area (Å²) in [5, 5.41) is 22.9. The van der Waals surface area contributed by atoms with Gasteiger partial charge in [0.05, 0.1) is 0 Å². The van der Waals surface area contributed by atoms with Crippen molar-refractivity contribution in [2.45, 2.75) is 19.1 Å². The zero-order valence-electron chi connectivity index (χ0n) is 14.4. The average Bonchev–Trinajstić information content (AvgIpc) is 3.10. The first-order chi connectivity index (χ1) is 12.6. The largest absolute Gasteiger partial charge is 0.384 e. The van der Waals surface area contributed by atoms with Gasteiger partial charge >= 0.3 is 0 Å². The van der Waals surface area contributed by atoms with E-state index in [1.54, 1.807) is 24.3 Å². The fourth-order valence-corrected chi connectivity index (χ4v) is 2.86. The van der Waals surface area contributed by atoms with Crippen LogP contribution in [0.1, 0.15) is 34.3 Å². The number of aromatic nitrogens is 1. The van der Waals surface area contributed by atoms with Crippen molar-refractivity contribution in [2.24, 2.45) is 0 Å². The number of carbonyl (C=O) groups is 1. The van der Waals surface area contributed by atoms with Crippen molar-refractivity contribution >= 4 is 16.8 Å². The highest BCUT2D eigenvalue weighted by atomic mass is 16.3. The normalized spacial score (nSPS) is 12.9. The van der Waals surface area contributed by atoms with Crippen LogP contribution >= 0.6 is 0 Å². The molecular weight excluding hydrogens is 328 g/mol. The van der Waals surface area contributed by atoms with Crippen LogP contribution in [0.4, 0.5) is 0 Å². The third-order valence-corrected chi connectivity index (χ3v) is 4.30. The van der Waals surface area contributed by atoms with E-state index in [0.29, 0.717) is 11.1 Å². The smallest absolute Gasteiger partial charge is 0.253 e. The standard InChI is InChI=1S/C21H20N2O3/c1-14(18-13-22-19-10-3-2-9-17(18)19)20(25)23-21(26)16-8-4-6-15(12-16)7-5-11-24/h2-4,6,8-10,12-14,20,22,24-25H,11H2,1H3,(H,23,26)/t14?,20-/m1/s1. The summed E-state index contributed by atoms with van der Waals surface area (Å²) in [5.74, 6) is 4.65. The zero-order valence-corrected chi connectivity index (χ0v) is 14.4. The summed E-state index contributed by atoms with van der Waals surface area (Å²) >= 11 is 0. The molecule has 132 valence electrons. The summed E-state index contributed by atoms with van der Waals surface area (Å²) in [5.41, 5.74) is 2.96. The van der Waals surface area contributed by atoms with Crippen molar-refractivity contribution in [2.75, 3.05) is 6.61 Å². The summed E-state index contributed by atoms with van der Waals surface area (Å²) in [4.78, 5) is 15.6. The first-order valence-corrected chi connectivity index (χ1v) is 8.35. The SMILES string of the molecule is CC(c1c[nH]c2ccccc12)[C@@H](O)NC(=O)c1cccc(C#CCO)c1. The Kier molecular flexibility index (Phi) is 5.37. The van der Waals surface area contributed by atoms with Gasteiger partial charge in [0.2, 0.25) is 0 Å². The van der Waals surface area contributed by atoms with Crippen LogP contribution in [0, 0.1) is 11.8 Å². The highest BCUT2D eigenvalue weighted by Gasteiger charge is 2.21. The van der Waals surface area contributed by atoms with E-state index in [0.717, 1.165) is 16.5 Å². The van der Waals surface area contributed by atoms with E-state index >= 15 is 0 Å². The average molecular weight is 348 g/mol. The molecular formula is C21H20N2O3. The molecule has 0 aliphatic rings. The van der Waals surface area contributed by atoms with Crippen LogP contribution in [-0.2, 0) is 0 Å². The molecule has 1 heterocycles. The minimum Gasteiger partial charge on any atom is -0.384 e. The Morgan fingerprint density at radius 3 is 2.85 bits per heavy atom. The lowest BCUT2D eigenvalue weighted by molar-refractivity contribution is 0.0728. The van der Waals surface area contributed by atoms with Gasteiger partial charge in [-0.2, -0.15) is 0 Å². The maximum absolute atomic E-state index is 12.4. The van der Waals surface area contributed by atoms with Gasteiger partial charge < -0.3 is 20.5 Å². The molecule has 4 N–H and O–H groups in total. The van der Waals surface area contributed by atoms with Gasteiger partial charge in [0.15, 0.2) is 0 Å². The monoisotopic (exact) mass is 348 g/mol. The number of para-hydroxylation sites is 1. The third-order valence-electron chi connectivity index (χ3n) is 4.30. The number of benzene rings is 2. The van der Waals surface area contributed by atoms with E-state index in [1.807, 2.05) is 37.4 Å². The van der Waals surface area contributed by atoms with Crippen LogP contribution < -0.4 is 5.32 Å². The lowest BCUT2D eigenvalue weighted by atomic mass is 9.98. The molecule has 2 aromatic carbocycles. The second-order valence-electron chi connectivity index (χ2n) is 6.04. The molecule has 0 saturated carbocycles. The van der Waals surface area contributed by atoms with E-state index in [2.05, 4.69) is 22.1 Å². The fraction of sp³-hybridized carbons (Fsp3) is 0.190. The number of carbonyl (C=O) groups excluding carboxylic acids is 1. The number of nitrogens with one attached hydrogen (secondary N) is 2. The van der Waals surface area contributed by atoms with Crippen molar-refractivity contribution in [1.29, 1.82) is 0 Å². The molecule has 5 nitrogen and oxygen atoms in total. The molecule has 2 atom stereocenters. The molecule has 3 rings (SSSR count). The number of rotatable bonds is 4. The topological polar surface area (TPSA) is 85.4 Å². The summed E-state index contributed by atoms with van der Waals surface area (Å²) < 4.78 is 0. The highest BCUT2D eigenvalue weighted by molar-refractivity contribution is 5.94. The summed E-state index contributed by atoms with van der Waals surface area (Å²) in [6.45, 7) is 1.63. The van der Waals surface area contributed by atoms with E-state index in [9.17, 15) is 9.90 Å². The molecule has 0 radical (unpaired) electrons. The molecule has 0 aliphatic carbocycles. The van der Waals surface area contributed by atoms with Gasteiger partial charge in [-0.3, -0.25) is 4.79 Å². The van der Waals surface area contributed by atoms with Crippen LogP contribution in [0.3, 0.4) is 0 Å². The Balaban J connectivity index is 1.75. The molecule has 5 heteroatoms. The summed E-state index contributed by atoms with van der Waals surface area (Å²) in [6.07, 6.45) is 0.824. The number of hydrogen-bond acceptors (Lipinski definition) is 3. The van der Waals surface area contributed by atoms with Crippen LogP contribution in [-0.4, -0.2) is 33.9 Å². The summed E-state index contributed by atoms with van der Waals surface area (Å²) in [6, 6.07) is 14.6. The van der Waals surface area contributed by atoms with E-state index in [-0.39, 0.29) is 18.4 Å². The molecule has 0 spiro atoms. The highest BCUT2D eigenvalue weighted by Crippen LogP contribution is 2.27. The van der Waals surface area contributed by atoms with E-state index in [4.69, 9.17) is 5.11 Å². The fourth-order valence-electron chi connectivity index (χ4n) is 2.86. The summed E-state index contributed by atoms with van der Waals surface area (Å²) in [7, 11) is 0. The maximum Gasteiger partial charge on any atom is 0.253 e. The Hall–Kier alpha value is -3.07. The number of hydrogen-bond donors (Lipinski definition) is 4. The van der Waals surface area contributed by atoms with Gasteiger partial charge in [-0.25, -0.2) is 0 Å². The lowest BCUT2D eigenvalue weighted by Crippen LogP contribution is -2.38. The predicted molar refractivity (Wildman–Crippen MR) is 101 cm³/mol. The number of fused-ring (bicyclic) bond motifs is 1. The molecule has 0 aliphatic heterocycles. The molecule has 1 amide bonds. The third kappa shape index (κ3) is 3.77. The van der Waals surface area contributed by atoms with Crippen LogP contribution in [0.5, 0.6) is 0 Å². The van der Waals surface area contributed by atoms with Gasteiger partial charge in [0, 0.05) is 34.1 Å². The van der Waals surface area contributed by atoms with Crippen LogP contribution in [0.15, 0.2) is 54.7 Å². The molecule has 1 unspecified atom stereocenters. The van der Waals surface area contributed by atoms with Gasteiger partial charge in [0.25, 0.3) is 5.91 Å². The Morgan fingerprint density at radius 1 is 1.23 bits per heavy atom. The second kappa shape index (κ2) is 7.87. The van der Waals surface area contributed by atoms with Crippen molar-refractivity contribution in [3.8, 4) is 11.8 Å². The molecule has 3 aromatic rings.